The molecule has 3 rings (SSSR count). The second kappa shape index (κ2) is 9.79. The number of carbonyl (C=O) groups is 3. The molecule has 166 valence electrons. The molecule has 1 aromatic rings. The van der Waals surface area contributed by atoms with Crippen molar-refractivity contribution in [2.75, 3.05) is 23.4 Å². The van der Waals surface area contributed by atoms with E-state index >= 15 is 0 Å². The lowest BCUT2D eigenvalue weighted by molar-refractivity contribution is -0.192. The van der Waals surface area contributed by atoms with Crippen LogP contribution in [0.2, 0.25) is 0 Å². The molecular weight excluding hydrogens is 407 g/mol. The van der Waals surface area contributed by atoms with E-state index < -0.39 is 18.2 Å². The SMILES string of the molecule is Cc1ccc(NC(=O)C(N)C2CCCC2)cc1N1CCOC1=O.O=C(O)C(F)(F)F. The first-order valence-electron chi connectivity index (χ1n) is 9.42. The van der Waals surface area contributed by atoms with E-state index in [9.17, 15) is 22.8 Å². The van der Waals surface area contributed by atoms with Gasteiger partial charge in [-0.05, 0) is 43.4 Å². The number of carbonyl (C=O) groups excluding carboxylic acids is 2. The van der Waals surface area contributed by atoms with Gasteiger partial charge in [-0.3, -0.25) is 9.69 Å². The number of halogens is 3. The molecule has 1 aliphatic heterocycles. The van der Waals surface area contributed by atoms with Crippen LogP contribution >= 0.6 is 0 Å². The third-order valence-electron chi connectivity index (χ3n) is 4.98. The number of nitrogens with two attached hydrogens (primary N) is 1. The summed E-state index contributed by atoms with van der Waals surface area (Å²) in [4.78, 5) is 34.6. The zero-order valence-corrected chi connectivity index (χ0v) is 16.4. The summed E-state index contributed by atoms with van der Waals surface area (Å²) in [5.74, 6) is -2.64. The summed E-state index contributed by atoms with van der Waals surface area (Å²) in [6.07, 6.45) is -1.09. The number of carboxylic acid groups (broad SMARTS) is 1. The summed E-state index contributed by atoms with van der Waals surface area (Å²) in [5.41, 5.74) is 8.47. The molecule has 2 aliphatic rings. The minimum absolute atomic E-state index is 0.157. The van der Waals surface area contributed by atoms with Crippen LogP contribution in [0, 0.1) is 12.8 Å². The van der Waals surface area contributed by atoms with Crippen molar-refractivity contribution in [2.45, 2.75) is 44.8 Å². The summed E-state index contributed by atoms with van der Waals surface area (Å²) >= 11 is 0. The molecule has 1 aliphatic carbocycles. The average Bonchev–Trinajstić information content (AvgIpc) is 3.34. The van der Waals surface area contributed by atoms with Gasteiger partial charge in [-0.1, -0.05) is 18.9 Å². The van der Waals surface area contributed by atoms with Crippen molar-refractivity contribution < 1.29 is 37.4 Å². The molecule has 1 saturated heterocycles. The van der Waals surface area contributed by atoms with Crippen molar-refractivity contribution in [2.24, 2.45) is 11.7 Å². The normalized spacial score (nSPS) is 17.8. The molecule has 0 spiro atoms. The Kier molecular flexibility index (Phi) is 7.65. The Morgan fingerprint density at radius 2 is 1.90 bits per heavy atom. The minimum atomic E-state index is -5.08. The fraction of sp³-hybridized carbons (Fsp3) is 0.526. The first-order valence-corrected chi connectivity index (χ1v) is 9.42. The van der Waals surface area contributed by atoms with Gasteiger partial charge >= 0.3 is 18.2 Å². The Morgan fingerprint density at radius 1 is 1.30 bits per heavy atom. The third kappa shape index (κ3) is 6.09. The van der Waals surface area contributed by atoms with E-state index in [1.54, 1.807) is 11.0 Å². The molecule has 0 aromatic heterocycles. The Bertz CT molecular complexity index is 794. The number of nitrogens with zero attached hydrogens (tertiary/aromatic N) is 1. The highest BCUT2D eigenvalue weighted by Gasteiger charge is 2.38. The molecule has 1 heterocycles. The number of rotatable bonds is 4. The van der Waals surface area contributed by atoms with Crippen molar-refractivity contribution in [1.29, 1.82) is 0 Å². The molecule has 4 N–H and O–H groups in total. The predicted molar refractivity (Wildman–Crippen MR) is 102 cm³/mol. The number of alkyl halides is 3. The van der Waals surface area contributed by atoms with Crippen LogP contribution in [0.4, 0.5) is 29.3 Å². The van der Waals surface area contributed by atoms with Gasteiger partial charge in [-0.2, -0.15) is 13.2 Å². The van der Waals surface area contributed by atoms with Crippen LogP contribution in [-0.4, -0.2) is 48.4 Å². The maximum atomic E-state index is 12.3. The maximum absolute atomic E-state index is 12.3. The van der Waals surface area contributed by atoms with E-state index in [0.29, 0.717) is 18.8 Å². The number of amides is 2. The van der Waals surface area contributed by atoms with Crippen LogP contribution in [0.25, 0.3) is 0 Å². The van der Waals surface area contributed by atoms with Gasteiger partial charge in [-0.15, -0.1) is 0 Å². The number of carboxylic acids is 1. The van der Waals surface area contributed by atoms with Crippen molar-refractivity contribution in [3.63, 3.8) is 0 Å². The first-order chi connectivity index (χ1) is 14.0. The zero-order chi connectivity index (χ0) is 22.5. The van der Waals surface area contributed by atoms with Gasteiger partial charge in [0, 0.05) is 5.69 Å². The number of benzene rings is 1. The number of anilines is 2. The fourth-order valence-electron chi connectivity index (χ4n) is 3.35. The monoisotopic (exact) mass is 431 g/mol. The van der Waals surface area contributed by atoms with Crippen LogP contribution in [-0.2, 0) is 14.3 Å². The summed E-state index contributed by atoms with van der Waals surface area (Å²) in [6, 6.07) is 5.05. The molecule has 8 nitrogen and oxygen atoms in total. The van der Waals surface area contributed by atoms with E-state index in [-0.39, 0.29) is 17.9 Å². The molecule has 2 fully saturated rings. The third-order valence-corrected chi connectivity index (χ3v) is 4.98. The summed E-state index contributed by atoms with van der Waals surface area (Å²) < 4.78 is 36.7. The highest BCUT2D eigenvalue weighted by Crippen LogP contribution is 2.29. The molecule has 1 atom stereocenters. The average molecular weight is 431 g/mol. The van der Waals surface area contributed by atoms with E-state index in [4.69, 9.17) is 20.4 Å². The van der Waals surface area contributed by atoms with Crippen LogP contribution < -0.4 is 16.0 Å². The van der Waals surface area contributed by atoms with E-state index in [0.717, 1.165) is 36.9 Å². The molecule has 0 bridgehead atoms. The molecule has 0 radical (unpaired) electrons. The number of cyclic esters (lactones) is 1. The second-order valence-corrected chi connectivity index (χ2v) is 7.13. The van der Waals surface area contributed by atoms with Gasteiger partial charge in [0.25, 0.3) is 0 Å². The molecule has 1 unspecified atom stereocenters. The predicted octanol–water partition coefficient (Wildman–Crippen LogP) is 3.04. The number of nitrogens with one attached hydrogen (secondary N) is 1. The van der Waals surface area contributed by atoms with Gasteiger partial charge < -0.3 is 20.9 Å². The first kappa shape index (κ1) is 23.5. The quantitative estimate of drug-likeness (QED) is 0.674. The molecule has 11 heteroatoms. The van der Waals surface area contributed by atoms with Gasteiger partial charge in [0.15, 0.2) is 0 Å². The summed E-state index contributed by atoms with van der Waals surface area (Å²) in [7, 11) is 0. The summed E-state index contributed by atoms with van der Waals surface area (Å²) in [5, 5.41) is 10.0. The van der Waals surface area contributed by atoms with Crippen molar-refractivity contribution in [3.8, 4) is 0 Å². The van der Waals surface area contributed by atoms with Crippen LogP contribution in [0.15, 0.2) is 18.2 Å². The summed E-state index contributed by atoms with van der Waals surface area (Å²) in [6.45, 7) is 2.84. The Labute approximate surface area is 171 Å². The maximum Gasteiger partial charge on any atom is 0.490 e. The largest absolute Gasteiger partial charge is 0.490 e. The minimum Gasteiger partial charge on any atom is -0.475 e. The molecule has 30 heavy (non-hydrogen) atoms. The van der Waals surface area contributed by atoms with Gasteiger partial charge in [-0.25, -0.2) is 9.59 Å². The number of ether oxygens (including phenoxy) is 1. The highest BCUT2D eigenvalue weighted by atomic mass is 19.4. The second-order valence-electron chi connectivity index (χ2n) is 7.13. The number of hydrogen-bond donors (Lipinski definition) is 3. The Hall–Kier alpha value is -2.82. The fourth-order valence-corrected chi connectivity index (χ4v) is 3.35. The van der Waals surface area contributed by atoms with Gasteiger partial charge in [0.1, 0.15) is 6.61 Å². The van der Waals surface area contributed by atoms with Crippen LogP contribution in [0.5, 0.6) is 0 Å². The Morgan fingerprint density at radius 3 is 2.40 bits per heavy atom. The number of aryl methyl sites for hydroxylation is 1. The molecule has 2 amide bonds. The molecule has 1 aromatic carbocycles. The van der Waals surface area contributed by atoms with Crippen molar-refractivity contribution in [1.82, 2.24) is 0 Å². The lowest BCUT2D eigenvalue weighted by atomic mass is 9.98. The molecule has 1 saturated carbocycles. The van der Waals surface area contributed by atoms with Crippen LogP contribution in [0.1, 0.15) is 31.2 Å². The molecular formula is C19H24F3N3O5. The lowest BCUT2D eigenvalue weighted by Crippen LogP contribution is -2.41. The zero-order valence-electron chi connectivity index (χ0n) is 16.4. The topological polar surface area (TPSA) is 122 Å². The number of hydrogen-bond acceptors (Lipinski definition) is 5. The van der Waals surface area contributed by atoms with Crippen molar-refractivity contribution >= 4 is 29.3 Å². The van der Waals surface area contributed by atoms with Gasteiger partial charge in [0.05, 0.1) is 18.3 Å². The smallest absolute Gasteiger partial charge is 0.475 e. The Balaban J connectivity index is 0.000000396. The van der Waals surface area contributed by atoms with Crippen LogP contribution in [0.3, 0.4) is 0 Å². The van der Waals surface area contributed by atoms with E-state index in [1.165, 1.54) is 0 Å². The van der Waals surface area contributed by atoms with Crippen molar-refractivity contribution in [3.05, 3.63) is 23.8 Å². The van der Waals surface area contributed by atoms with E-state index in [1.807, 2.05) is 19.1 Å². The lowest BCUT2D eigenvalue weighted by Gasteiger charge is -2.20. The highest BCUT2D eigenvalue weighted by molar-refractivity contribution is 5.97. The van der Waals surface area contributed by atoms with Gasteiger partial charge in [0.2, 0.25) is 5.91 Å². The standard InChI is InChI=1S/C17H23N3O3.C2HF3O2/c1-11-6-7-13(10-14(11)20-8-9-23-17(20)22)19-16(21)15(18)12-4-2-3-5-12;3-2(4,5)1(6)7/h6-7,10,12,15H,2-5,8-9,18H2,1H3,(H,19,21);(H,6,7). The van der Waals surface area contributed by atoms with E-state index in [2.05, 4.69) is 5.32 Å². The number of aliphatic carboxylic acids is 1.